The summed E-state index contributed by atoms with van der Waals surface area (Å²) >= 11 is 0. The lowest BCUT2D eigenvalue weighted by molar-refractivity contribution is 0.309. The molecule has 0 aliphatic rings. The summed E-state index contributed by atoms with van der Waals surface area (Å²) in [5.74, 6) is 1.55. The van der Waals surface area contributed by atoms with Crippen molar-refractivity contribution in [2.45, 2.75) is 19.8 Å². The van der Waals surface area contributed by atoms with Crippen LogP contribution in [0.15, 0.2) is 60.9 Å². The van der Waals surface area contributed by atoms with Crippen molar-refractivity contribution in [2.75, 3.05) is 6.61 Å². The van der Waals surface area contributed by atoms with Gasteiger partial charge >= 0.3 is 0 Å². The van der Waals surface area contributed by atoms with Gasteiger partial charge in [-0.05, 0) is 48.4 Å². The first-order valence-electron chi connectivity index (χ1n) is 8.36. The number of ether oxygens (including phenoxy) is 1. The number of aromatic nitrogens is 2. The Balaban J connectivity index is 1.72. The Bertz CT molecular complexity index is 848. The fourth-order valence-electron chi connectivity index (χ4n) is 2.40. The average Bonchev–Trinajstić information content (AvgIpc) is 2.69. The van der Waals surface area contributed by atoms with Crippen molar-refractivity contribution in [1.82, 2.24) is 9.97 Å². The van der Waals surface area contributed by atoms with Crippen LogP contribution in [0.2, 0.25) is 0 Å². The van der Waals surface area contributed by atoms with E-state index < -0.39 is 0 Å². The van der Waals surface area contributed by atoms with Crippen molar-refractivity contribution in [3.63, 3.8) is 0 Å². The molecule has 3 aromatic rings. The zero-order valence-corrected chi connectivity index (χ0v) is 14.1. The topological polar surface area (TPSA) is 58.8 Å². The van der Waals surface area contributed by atoms with E-state index in [-0.39, 0.29) is 0 Å². The number of hydrogen-bond acceptors (Lipinski definition) is 4. The molecule has 1 heterocycles. The van der Waals surface area contributed by atoms with Crippen LogP contribution >= 0.6 is 0 Å². The van der Waals surface area contributed by atoms with Gasteiger partial charge in [0.25, 0.3) is 0 Å². The Hall–Kier alpha value is -3.19. The summed E-state index contributed by atoms with van der Waals surface area (Å²) in [5, 5.41) is 8.86. The molecule has 0 unspecified atom stereocenters. The Labute approximate surface area is 147 Å². The van der Waals surface area contributed by atoms with Gasteiger partial charge in [0.05, 0.1) is 18.2 Å². The molecule has 0 fully saturated rings. The second-order valence-corrected chi connectivity index (χ2v) is 5.71. The first kappa shape index (κ1) is 16.7. The highest BCUT2D eigenvalue weighted by atomic mass is 16.5. The summed E-state index contributed by atoms with van der Waals surface area (Å²) in [6.45, 7) is 2.89. The molecule has 4 heteroatoms. The minimum atomic E-state index is 0.641. The average molecular weight is 329 g/mol. The quantitative estimate of drug-likeness (QED) is 0.606. The summed E-state index contributed by atoms with van der Waals surface area (Å²) < 4.78 is 5.67. The third-order valence-electron chi connectivity index (χ3n) is 3.88. The molecule has 2 aromatic carbocycles. The molecule has 0 amide bonds. The van der Waals surface area contributed by atoms with Crippen LogP contribution in [-0.2, 0) is 0 Å². The van der Waals surface area contributed by atoms with Crippen LogP contribution in [0.3, 0.4) is 0 Å². The Morgan fingerprint density at radius 3 is 2.12 bits per heavy atom. The van der Waals surface area contributed by atoms with Gasteiger partial charge in [-0.3, -0.25) is 0 Å². The van der Waals surface area contributed by atoms with Crippen LogP contribution in [0.4, 0.5) is 0 Å². The predicted molar refractivity (Wildman–Crippen MR) is 98.0 cm³/mol. The van der Waals surface area contributed by atoms with E-state index in [9.17, 15) is 0 Å². The van der Waals surface area contributed by atoms with E-state index in [1.54, 1.807) is 24.5 Å². The Kier molecular flexibility index (Phi) is 5.38. The maximum Gasteiger partial charge on any atom is 0.159 e. The van der Waals surface area contributed by atoms with Crippen molar-refractivity contribution in [1.29, 1.82) is 5.26 Å². The summed E-state index contributed by atoms with van der Waals surface area (Å²) in [7, 11) is 0. The fraction of sp³-hybridized carbons (Fsp3) is 0.190. The maximum atomic E-state index is 8.86. The van der Waals surface area contributed by atoms with Gasteiger partial charge < -0.3 is 4.74 Å². The van der Waals surface area contributed by atoms with E-state index in [2.05, 4.69) is 23.0 Å². The van der Waals surface area contributed by atoms with E-state index in [0.717, 1.165) is 41.9 Å². The summed E-state index contributed by atoms with van der Waals surface area (Å²) in [6, 6.07) is 17.3. The second kappa shape index (κ2) is 8.07. The van der Waals surface area contributed by atoms with Crippen molar-refractivity contribution >= 4 is 0 Å². The molecule has 25 heavy (non-hydrogen) atoms. The normalized spacial score (nSPS) is 10.2. The third kappa shape index (κ3) is 4.21. The van der Waals surface area contributed by atoms with Gasteiger partial charge in [0, 0.05) is 23.5 Å². The van der Waals surface area contributed by atoms with Crippen LogP contribution in [-0.4, -0.2) is 16.6 Å². The van der Waals surface area contributed by atoms with Crippen LogP contribution in [0.5, 0.6) is 5.75 Å². The lowest BCUT2D eigenvalue weighted by atomic mass is 10.1. The van der Waals surface area contributed by atoms with Gasteiger partial charge in [-0.2, -0.15) is 5.26 Å². The molecule has 1 aromatic heterocycles. The molecule has 124 valence electrons. The summed E-state index contributed by atoms with van der Waals surface area (Å²) in [5.41, 5.74) is 3.51. The molecule has 0 N–H and O–H groups in total. The molecule has 0 radical (unpaired) electrons. The lowest BCUT2D eigenvalue weighted by Crippen LogP contribution is -1.96. The Morgan fingerprint density at radius 1 is 0.880 bits per heavy atom. The monoisotopic (exact) mass is 329 g/mol. The minimum absolute atomic E-state index is 0.641. The standard InChI is InChI=1S/C21H19N3O/c1-2-3-12-25-20-10-8-18(9-11-20)21-23-14-19(15-24-21)17-6-4-16(13-22)5-7-17/h4-11,14-15H,2-3,12H2,1H3. The van der Waals surface area contributed by atoms with Crippen molar-refractivity contribution in [3.05, 3.63) is 66.5 Å². The highest BCUT2D eigenvalue weighted by molar-refractivity contribution is 5.64. The zero-order valence-electron chi connectivity index (χ0n) is 14.1. The highest BCUT2D eigenvalue weighted by Crippen LogP contribution is 2.22. The summed E-state index contributed by atoms with van der Waals surface area (Å²) in [6.07, 6.45) is 5.78. The number of unbranched alkanes of at least 4 members (excludes halogenated alkanes) is 1. The molecule has 3 rings (SSSR count). The molecule has 0 saturated heterocycles. The molecule has 0 atom stereocenters. The van der Waals surface area contributed by atoms with E-state index in [1.165, 1.54) is 0 Å². The number of hydrogen-bond donors (Lipinski definition) is 0. The van der Waals surface area contributed by atoms with E-state index >= 15 is 0 Å². The van der Waals surface area contributed by atoms with Crippen molar-refractivity contribution in [2.24, 2.45) is 0 Å². The van der Waals surface area contributed by atoms with Gasteiger partial charge in [-0.1, -0.05) is 25.5 Å². The zero-order chi connectivity index (χ0) is 17.5. The third-order valence-corrected chi connectivity index (χ3v) is 3.88. The first-order valence-corrected chi connectivity index (χ1v) is 8.36. The van der Waals surface area contributed by atoms with Crippen molar-refractivity contribution < 1.29 is 4.74 Å². The smallest absolute Gasteiger partial charge is 0.159 e. The molecular formula is C21H19N3O. The highest BCUT2D eigenvalue weighted by Gasteiger charge is 2.04. The Morgan fingerprint density at radius 2 is 1.52 bits per heavy atom. The largest absolute Gasteiger partial charge is 0.494 e. The molecule has 0 bridgehead atoms. The van der Waals surface area contributed by atoms with E-state index in [0.29, 0.717) is 11.4 Å². The molecule has 4 nitrogen and oxygen atoms in total. The van der Waals surface area contributed by atoms with Crippen LogP contribution in [0.1, 0.15) is 25.3 Å². The molecular weight excluding hydrogens is 310 g/mol. The number of benzene rings is 2. The van der Waals surface area contributed by atoms with E-state index in [4.69, 9.17) is 10.00 Å². The minimum Gasteiger partial charge on any atom is -0.494 e. The number of nitriles is 1. The molecule has 0 aliphatic heterocycles. The van der Waals surface area contributed by atoms with Gasteiger partial charge in [-0.15, -0.1) is 0 Å². The maximum absolute atomic E-state index is 8.86. The molecule has 0 aliphatic carbocycles. The summed E-state index contributed by atoms with van der Waals surface area (Å²) in [4.78, 5) is 8.91. The van der Waals surface area contributed by atoms with Crippen LogP contribution in [0.25, 0.3) is 22.5 Å². The van der Waals surface area contributed by atoms with Gasteiger partial charge in [0.1, 0.15) is 5.75 Å². The number of rotatable bonds is 6. The molecule has 0 saturated carbocycles. The van der Waals surface area contributed by atoms with Crippen molar-refractivity contribution in [3.8, 4) is 34.3 Å². The van der Waals surface area contributed by atoms with Gasteiger partial charge in [-0.25, -0.2) is 9.97 Å². The SMILES string of the molecule is CCCCOc1ccc(-c2ncc(-c3ccc(C#N)cc3)cn2)cc1. The van der Waals surface area contributed by atoms with E-state index in [1.807, 2.05) is 36.4 Å². The number of nitrogens with zero attached hydrogens (tertiary/aromatic N) is 3. The van der Waals surface area contributed by atoms with Crippen LogP contribution < -0.4 is 4.74 Å². The first-order chi connectivity index (χ1) is 12.3. The fourth-order valence-corrected chi connectivity index (χ4v) is 2.40. The van der Waals surface area contributed by atoms with Gasteiger partial charge in [0.15, 0.2) is 5.82 Å². The van der Waals surface area contributed by atoms with Gasteiger partial charge in [0.2, 0.25) is 0 Å². The second-order valence-electron chi connectivity index (χ2n) is 5.71. The lowest BCUT2D eigenvalue weighted by Gasteiger charge is -2.07. The van der Waals surface area contributed by atoms with Crippen LogP contribution in [0, 0.1) is 11.3 Å². The predicted octanol–water partition coefficient (Wildman–Crippen LogP) is 4.86. The molecule has 0 spiro atoms.